The number of benzene rings is 1. The number of Topliss-reactive ketones (excluding diaryl/α,β-unsaturated/α-hetero) is 1. The molecule has 1 aliphatic rings. The molecule has 1 heterocycles. The molecule has 0 atom stereocenters. The number of aliphatic hydroxyl groups excluding tert-OH is 1. The van der Waals surface area contributed by atoms with Crippen LogP contribution in [-0.4, -0.2) is 22.5 Å². The maximum absolute atomic E-state index is 13.1. The van der Waals surface area contributed by atoms with Gasteiger partial charge < -0.3 is 14.6 Å². The van der Waals surface area contributed by atoms with Gasteiger partial charge >= 0.3 is 0 Å². The van der Waals surface area contributed by atoms with E-state index in [1.54, 1.807) is 6.07 Å². The van der Waals surface area contributed by atoms with E-state index in [1.807, 2.05) is 30.3 Å². The topological polar surface area (TPSA) is 87.7 Å². The van der Waals surface area contributed by atoms with Gasteiger partial charge in [-0.15, -0.1) is 0 Å². The Kier molecular flexibility index (Phi) is 7.62. The third-order valence-corrected chi connectivity index (χ3v) is 4.53. The van der Waals surface area contributed by atoms with Gasteiger partial charge in [-0.1, -0.05) is 42.8 Å². The normalized spacial score (nSPS) is 14.7. The fraction of sp³-hybridized carbons (Fsp3) is 0.273. The Hall–Kier alpha value is -3.08. The zero-order valence-electron chi connectivity index (χ0n) is 15.4. The minimum Gasteiger partial charge on any atom is -0.512 e. The number of furan rings is 1. The maximum atomic E-state index is 13.1. The van der Waals surface area contributed by atoms with E-state index in [9.17, 15) is 9.90 Å². The molecule has 1 aromatic heterocycles. The van der Waals surface area contributed by atoms with Gasteiger partial charge in [-0.05, 0) is 42.9 Å². The van der Waals surface area contributed by atoms with E-state index >= 15 is 0 Å². The van der Waals surface area contributed by atoms with Crippen molar-refractivity contribution in [1.82, 2.24) is 0 Å². The molecule has 0 amide bonds. The number of carboxylic acid groups (broad SMARTS) is 1. The van der Waals surface area contributed by atoms with Gasteiger partial charge in [0.1, 0.15) is 12.0 Å². The summed E-state index contributed by atoms with van der Waals surface area (Å²) >= 11 is 0. The highest BCUT2D eigenvalue weighted by Crippen LogP contribution is 2.37. The number of hydrogen-bond donors (Lipinski definition) is 2. The minimum absolute atomic E-state index is 0.173. The van der Waals surface area contributed by atoms with Crippen LogP contribution in [0.15, 0.2) is 70.2 Å². The van der Waals surface area contributed by atoms with Gasteiger partial charge in [-0.3, -0.25) is 9.59 Å². The molecule has 2 aromatic rings. The maximum Gasteiger partial charge on any atom is 0.290 e. The molecular formula is C22H24O5. The molecule has 1 aromatic carbocycles. The van der Waals surface area contributed by atoms with E-state index in [4.69, 9.17) is 14.3 Å². The van der Waals surface area contributed by atoms with Crippen molar-refractivity contribution in [3.05, 3.63) is 77.0 Å². The van der Waals surface area contributed by atoms with Crippen LogP contribution in [0.5, 0.6) is 0 Å². The Morgan fingerprint density at radius 2 is 1.81 bits per heavy atom. The summed E-state index contributed by atoms with van der Waals surface area (Å²) in [5.41, 5.74) is 4.00. The molecule has 142 valence electrons. The van der Waals surface area contributed by atoms with Crippen LogP contribution in [0.25, 0.3) is 5.57 Å². The molecule has 27 heavy (non-hydrogen) atoms. The number of hydrogen-bond acceptors (Lipinski definition) is 4. The average Bonchev–Trinajstić information content (AvgIpc) is 3.21. The minimum atomic E-state index is -0.250. The molecule has 0 saturated heterocycles. The predicted octanol–water partition coefficient (Wildman–Crippen LogP) is 5.41. The molecule has 2 N–H and O–H groups in total. The van der Waals surface area contributed by atoms with Crippen molar-refractivity contribution in [1.29, 1.82) is 0 Å². The molecule has 0 aliphatic heterocycles. The Balaban J connectivity index is 0.000000817. The van der Waals surface area contributed by atoms with Crippen LogP contribution in [0, 0.1) is 0 Å². The zero-order chi connectivity index (χ0) is 19.6. The van der Waals surface area contributed by atoms with Crippen LogP contribution in [0.2, 0.25) is 0 Å². The lowest BCUT2D eigenvalue weighted by molar-refractivity contribution is -0.122. The molecule has 0 fully saturated rings. The second-order valence-electron chi connectivity index (χ2n) is 6.17. The standard InChI is InChI=1S/C21H22O3.CH2O2/c1-2-15-8-6-7-11-18(22)20(21(23)17-12-13-24-14-17)19(15)16-9-4-3-5-10-16;2-1-3/h3-5,9-10,12-14,22H,2,6-8,11H2,1H3;1H,(H,2,3). The van der Waals surface area contributed by atoms with Crippen LogP contribution in [0.1, 0.15) is 54.9 Å². The molecular weight excluding hydrogens is 344 g/mol. The quantitative estimate of drug-likeness (QED) is 0.556. The summed E-state index contributed by atoms with van der Waals surface area (Å²) in [7, 11) is 0. The summed E-state index contributed by atoms with van der Waals surface area (Å²) < 4.78 is 5.07. The van der Waals surface area contributed by atoms with Gasteiger partial charge in [0.05, 0.1) is 17.4 Å². The smallest absolute Gasteiger partial charge is 0.290 e. The Bertz CT molecular complexity index is 814. The van der Waals surface area contributed by atoms with Crippen LogP contribution in [0.4, 0.5) is 0 Å². The molecule has 3 rings (SSSR count). The van der Waals surface area contributed by atoms with Crippen molar-refractivity contribution >= 4 is 17.8 Å². The average molecular weight is 368 g/mol. The van der Waals surface area contributed by atoms with Crippen LogP contribution >= 0.6 is 0 Å². The number of rotatable bonds is 4. The van der Waals surface area contributed by atoms with E-state index in [-0.39, 0.29) is 18.0 Å². The summed E-state index contributed by atoms with van der Waals surface area (Å²) in [5, 5.41) is 17.6. The summed E-state index contributed by atoms with van der Waals surface area (Å²) in [4.78, 5) is 21.4. The molecule has 0 bridgehead atoms. The molecule has 5 heteroatoms. The molecule has 0 spiro atoms. The van der Waals surface area contributed by atoms with E-state index in [2.05, 4.69) is 6.92 Å². The lowest BCUT2D eigenvalue weighted by Crippen LogP contribution is -2.12. The number of carbonyl (C=O) groups is 2. The Morgan fingerprint density at radius 1 is 1.15 bits per heavy atom. The zero-order valence-corrected chi connectivity index (χ0v) is 15.4. The summed E-state index contributed by atoms with van der Waals surface area (Å²) in [6.45, 7) is 1.86. The molecule has 0 saturated carbocycles. The van der Waals surface area contributed by atoms with Gasteiger partial charge in [-0.25, -0.2) is 0 Å². The number of aliphatic hydroxyl groups is 1. The first-order valence-electron chi connectivity index (χ1n) is 8.98. The van der Waals surface area contributed by atoms with Crippen molar-refractivity contribution in [2.24, 2.45) is 0 Å². The Labute approximate surface area is 158 Å². The SMILES string of the molecule is CCC1=C(c2ccccc2)C(C(=O)c2ccoc2)=C(O)CCCC1.O=CO. The molecule has 1 aliphatic carbocycles. The van der Waals surface area contributed by atoms with Gasteiger partial charge in [0.15, 0.2) is 5.78 Å². The van der Waals surface area contributed by atoms with E-state index in [0.29, 0.717) is 17.6 Å². The summed E-state index contributed by atoms with van der Waals surface area (Å²) in [5.74, 6) is 0.0126. The second kappa shape index (κ2) is 10.2. The van der Waals surface area contributed by atoms with E-state index in [1.165, 1.54) is 18.1 Å². The summed E-state index contributed by atoms with van der Waals surface area (Å²) in [6.07, 6.45) is 7.19. The fourth-order valence-electron chi connectivity index (χ4n) is 3.29. The monoisotopic (exact) mass is 368 g/mol. The van der Waals surface area contributed by atoms with Gasteiger partial charge in [-0.2, -0.15) is 0 Å². The number of allylic oxidation sites excluding steroid dienone is 4. The largest absolute Gasteiger partial charge is 0.512 e. The lowest BCUT2D eigenvalue weighted by Gasteiger charge is -2.21. The number of carbonyl (C=O) groups excluding carboxylic acids is 1. The Morgan fingerprint density at radius 3 is 2.41 bits per heavy atom. The fourth-order valence-corrected chi connectivity index (χ4v) is 3.29. The van der Waals surface area contributed by atoms with Gasteiger partial charge in [0.2, 0.25) is 0 Å². The van der Waals surface area contributed by atoms with Crippen molar-refractivity contribution in [3.8, 4) is 0 Å². The van der Waals surface area contributed by atoms with Crippen molar-refractivity contribution in [3.63, 3.8) is 0 Å². The van der Waals surface area contributed by atoms with Crippen LogP contribution in [-0.2, 0) is 4.79 Å². The van der Waals surface area contributed by atoms with Crippen LogP contribution in [0.3, 0.4) is 0 Å². The highest BCUT2D eigenvalue weighted by Gasteiger charge is 2.26. The van der Waals surface area contributed by atoms with Crippen molar-refractivity contribution < 1.29 is 24.2 Å². The highest BCUT2D eigenvalue weighted by atomic mass is 16.3. The third-order valence-electron chi connectivity index (χ3n) is 4.53. The van der Waals surface area contributed by atoms with E-state index < -0.39 is 0 Å². The molecule has 5 nitrogen and oxygen atoms in total. The second-order valence-corrected chi connectivity index (χ2v) is 6.17. The molecule has 0 radical (unpaired) electrons. The van der Waals surface area contributed by atoms with Gasteiger partial charge in [0, 0.05) is 6.42 Å². The first-order chi connectivity index (χ1) is 13.1. The van der Waals surface area contributed by atoms with Crippen molar-refractivity contribution in [2.45, 2.75) is 39.0 Å². The van der Waals surface area contributed by atoms with Gasteiger partial charge in [0.25, 0.3) is 6.47 Å². The lowest BCUT2D eigenvalue weighted by atomic mass is 9.83. The third kappa shape index (κ3) is 4.97. The van der Waals surface area contributed by atoms with Crippen molar-refractivity contribution in [2.75, 3.05) is 0 Å². The van der Waals surface area contributed by atoms with E-state index in [0.717, 1.165) is 36.8 Å². The highest BCUT2D eigenvalue weighted by molar-refractivity contribution is 6.19. The summed E-state index contributed by atoms with van der Waals surface area (Å²) in [6, 6.07) is 11.5. The first-order valence-corrected chi connectivity index (χ1v) is 8.98. The van der Waals surface area contributed by atoms with Crippen LogP contribution < -0.4 is 0 Å². The molecule has 0 unspecified atom stereocenters. The first kappa shape index (κ1) is 20.2. The predicted molar refractivity (Wildman–Crippen MR) is 104 cm³/mol. The number of ketones is 1.